The van der Waals surface area contributed by atoms with Crippen molar-refractivity contribution in [1.82, 2.24) is 14.9 Å². The number of sulfone groups is 1. The first-order chi connectivity index (χ1) is 11.4. The SMILES string of the molecule is CS(=O)(=O)CC1(CN=C(N)N2CCN(c3ncccn3)CC2)CC1.I. The molecular formula is C15H25IN6O2S. The summed E-state index contributed by atoms with van der Waals surface area (Å²) in [5.41, 5.74) is 5.93. The summed E-state index contributed by atoms with van der Waals surface area (Å²) in [6.45, 7) is 3.58. The Bertz CT molecular complexity index is 700. The van der Waals surface area contributed by atoms with Gasteiger partial charge in [0.05, 0.1) is 5.75 Å². The third kappa shape index (κ3) is 5.66. The number of hydrogen-bond donors (Lipinski definition) is 1. The van der Waals surface area contributed by atoms with E-state index in [9.17, 15) is 8.42 Å². The number of piperazine rings is 1. The van der Waals surface area contributed by atoms with E-state index in [0.29, 0.717) is 12.5 Å². The normalized spacial score (nSPS) is 20.1. The van der Waals surface area contributed by atoms with Crippen LogP contribution < -0.4 is 10.6 Å². The molecule has 0 radical (unpaired) electrons. The molecule has 1 aromatic rings. The van der Waals surface area contributed by atoms with Crippen LogP contribution in [0, 0.1) is 5.41 Å². The molecule has 2 heterocycles. The van der Waals surface area contributed by atoms with E-state index in [1.165, 1.54) is 6.26 Å². The van der Waals surface area contributed by atoms with E-state index in [-0.39, 0.29) is 35.1 Å². The quantitative estimate of drug-likeness (QED) is 0.369. The number of aromatic nitrogens is 2. The maximum Gasteiger partial charge on any atom is 0.225 e. The highest BCUT2D eigenvalue weighted by Crippen LogP contribution is 2.46. The molecule has 1 aromatic heterocycles. The maximum atomic E-state index is 11.5. The second-order valence-electron chi connectivity index (χ2n) is 6.77. The van der Waals surface area contributed by atoms with Crippen molar-refractivity contribution in [2.45, 2.75) is 12.8 Å². The molecule has 0 atom stereocenters. The Hall–Kier alpha value is -1.17. The Morgan fingerprint density at radius 1 is 1.24 bits per heavy atom. The minimum atomic E-state index is -2.97. The molecule has 2 N–H and O–H groups in total. The molecule has 0 bridgehead atoms. The third-order valence-corrected chi connectivity index (χ3v) is 5.68. The summed E-state index contributed by atoms with van der Waals surface area (Å²) < 4.78 is 23.0. The van der Waals surface area contributed by atoms with Crippen LogP contribution in [0.3, 0.4) is 0 Å². The number of aliphatic imine (C=N–C) groups is 1. The number of rotatable bonds is 5. The number of guanidine groups is 1. The summed E-state index contributed by atoms with van der Waals surface area (Å²) >= 11 is 0. The predicted molar refractivity (Wildman–Crippen MR) is 109 cm³/mol. The molecule has 1 aliphatic carbocycles. The van der Waals surface area contributed by atoms with Crippen LogP contribution in [-0.4, -0.2) is 74.0 Å². The Balaban J connectivity index is 0.00000225. The summed E-state index contributed by atoms with van der Waals surface area (Å²) in [7, 11) is -2.97. The first-order valence-corrected chi connectivity index (χ1v) is 10.2. The fourth-order valence-electron chi connectivity index (χ4n) is 3.02. The summed E-state index contributed by atoms with van der Waals surface area (Å²) in [5.74, 6) is 1.44. The van der Waals surface area contributed by atoms with Gasteiger partial charge in [-0.05, 0) is 18.9 Å². The summed E-state index contributed by atoms with van der Waals surface area (Å²) in [6.07, 6.45) is 6.58. The molecule has 0 spiro atoms. The van der Waals surface area contributed by atoms with Crippen LogP contribution in [-0.2, 0) is 9.84 Å². The lowest BCUT2D eigenvalue weighted by atomic mass is 10.1. The topological polar surface area (TPSA) is 105 Å². The highest BCUT2D eigenvalue weighted by molar-refractivity contribution is 14.0. The van der Waals surface area contributed by atoms with Crippen LogP contribution in [0.25, 0.3) is 0 Å². The van der Waals surface area contributed by atoms with Gasteiger partial charge in [0.15, 0.2) is 5.96 Å². The van der Waals surface area contributed by atoms with Crippen molar-refractivity contribution in [2.75, 3.05) is 49.6 Å². The number of hydrogen-bond acceptors (Lipinski definition) is 6. The standard InChI is InChI=1S/C15H24N6O2S.HI/c1-24(22,23)12-15(3-4-15)11-19-13(16)20-7-9-21(10-8-20)14-17-5-2-6-18-14;/h2,5-6H,3-4,7-12H2,1H3,(H2,16,19);1H. The molecule has 1 saturated heterocycles. The second-order valence-corrected chi connectivity index (χ2v) is 8.91. The van der Waals surface area contributed by atoms with Crippen molar-refractivity contribution < 1.29 is 8.42 Å². The average molecular weight is 480 g/mol. The molecule has 1 aliphatic heterocycles. The number of nitrogens with two attached hydrogens (primary N) is 1. The lowest BCUT2D eigenvalue weighted by Gasteiger charge is -2.35. The highest BCUT2D eigenvalue weighted by Gasteiger charge is 2.45. The van der Waals surface area contributed by atoms with Crippen LogP contribution in [0.2, 0.25) is 0 Å². The predicted octanol–water partition coefficient (Wildman–Crippen LogP) is 0.356. The first-order valence-electron chi connectivity index (χ1n) is 8.12. The van der Waals surface area contributed by atoms with Gasteiger partial charge >= 0.3 is 0 Å². The molecular weight excluding hydrogens is 455 g/mol. The maximum absolute atomic E-state index is 11.5. The first kappa shape index (κ1) is 20.1. The van der Waals surface area contributed by atoms with Crippen molar-refractivity contribution in [3.63, 3.8) is 0 Å². The Morgan fingerprint density at radius 2 is 1.84 bits per heavy atom. The summed E-state index contributed by atoms with van der Waals surface area (Å²) in [5, 5.41) is 0. The molecule has 3 rings (SSSR count). The van der Waals surface area contributed by atoms with Gasteiger partial charge in [0.25, 0.3) is 0 Å². The molecule has 2 aliphatic rings. The largest absolute Gasteiger partial charge is 0.370 e. The van der Waals surface area contributed by atoms with E-state index in [1.54, 1.807) is 18.5 Å². The van der Waals surface area contributed by atoms with Crippen LogP contribution in [0.1, 0.15) is 12.8 Å². The molecule has 0 unspecified atom stereocenters. The zero-order valence-corrected chi connectivity index (χ0v) is 17.5. The minimum absolute atomic E-state index is 0. The summed E-state index contributed by atoms with van der Waals surface area (Å²) in [6, 6.07) is 1.80. The van der Waals surface area contributed by atoms with Crippen LogP contribution in [0.15, 0.2) is 23.5 Å². The zero-order valence-electron chi connectivity index (χ0n) is 14.3. The van der Waals surface area contributed by atoms with E-state index in [2.05, 4.69) is 19.9 Å². The molecule has 140 valence electrons. The van der Waals surface area contributed by atoms with E-state index in [1.807, 2.05) is 4.90 Å². The molecule has 1 saturated carbocycles. The zero-order chi connectivity index (χ0) is 17.2. The molecule has 25 heavy (non-hydrogen) atoms. The number of anilines is 1. The van der Waals surface area contributed by atoms with Crippen molar-refractivity contribution >= 4 is 45.7 Å². The highest BCUT2D eigenvalue weighted by atomic mass is 127. The third-order valence-electron chi connectivity index (χ3n) is 4.54. The van der Waals surface area contributed by atoms with Gasteiger partial charge in [-0.2, -0.15) is 0 Å². The van der Waals surface area contributed by atoms with Crippen LogP contribution in [0.4, 0.5) is 5.95 Å². The van der Waals surface area contributed by atoms with Crippen molar-refractivity contribution in [1.29, 1.82) is 0 Å². The average Bonchev–Trinajstić information content (AvgIpc) is 3.31. The number of nitrogens with zero attached hydrogens (tertiary/aromatic N) is 5. The van der Waals surface area contributed by atoms with Gasteiger partial charge in [-0.15, -0.1) is 24.0 Å². The number of halogens is 1. The Labute approximate surface area is 165 Å². The van der Waals surface area contributed by atoms with Crippen molar-refractivity contribution in [2.24, 2.45) is 16.1 Å². The molecule has 8 nitrogen and oxygen atoms in total. The fourth-order valence-corrected chi connectivity index (χ4v) is 4.51. The smallest absolute Gasteiger partial charge is 0.225 e. The minimum Gasteiger partial charge on any atom is -0.370 e. The second kappa shape index (κ2) is 8.02. The Kier molecular flexibility index (Phi) is 6.46. The van der Waals surface area contributed by atoms with Crippen LogP contribution in [0.5, 0.6) is 0 Å². The summed E-state index contributed by atoms with van der Waals surface area (Å²) in [4.78, 5) is 17.2. The molecule has 0 amide bonds. The van der Waals surface area contributed by atoms with Gasteiger partial charge in [-0.1, -0.05) is 0 Å². The van der Waals surface area contributed by atoms with E-state index < -0.39 is 9.84 Å². The lowest BCUT2D eigenvalue weighted by Crippen LogP contribution is -2.51. The van der Waals surface area contributed by atoms with Gasteiger partial charge in [0, 0.05) is 56.8 Å². The molecule has 0 aromatic carbocycles. The van der Waals surface area contributed by atoms with Gasteiger partial charge < -0.3 is 15.5 Å². The fraction of sp³-hybridized carbons (Fsp3) is 0.667. The van der Waals surface area contributed by atoms with Gasteiger partial charge in [0.1, 0.15) is 9.84 Å². The van der Waals surface area contributed by atoms with E-state index in [4.69, 9.17) is 5.73 Å². The van der Waals surface area contributed by atoms with Gasteiger partial charge in [-0.25, -0.2) is 18.4 Å². The van der Waals surface area contributed by atoms with Gasteiger partial charge in [0.2, 0.25) is 5.95 Å². The van der Waals surface area contributed by atoms with Crippen LogP contribution >= 0.6 is 24.0 Å². The van der Waals surface area contributed by atoms with Crippen molar-refractivity contribution in [3.05, 3.63) is 18.5 Å². The monoisotopic (exact) mass is 480 g/mol. The molecule has 2 fully saturated rings. The van der Waals surface area contributed by atoms with E-state index in [0.717, 1.165) is 45.0 Å². The van der Waals surface area contributed by atoms with Crippen molar-refractivity contribution in [3.8, 4) is 0 Å². The lowest BCUT2D eigenvalue weighted by molar-refractivity contribution is 0.376. The van der Waals surface area contributed by atoms with E-state index >= 15 is 0 Å². The van der Waals surface area contributed by atoms with Gasteiger partial charge in [-0.3, -0.25) is 4.99 Å². The Morgan fingerprint density at radius 3 is 2.36 bits per heavy atom. The molecule has 10 heteroatoms.